The lowest BCUT2D eigenvalue weighted by atomic mass is 9.84. The summed E-state index contributed by atoms with van der Waals surface area (Å²) in [7, 11) is 0. The molecule has 0 fully saturated rings. The molecule has 0 spiro atoms. The number of ether oxygens (including phenoxy) is 2. The van der Waals surface area contributed by atoms with Gasteiger partial charge in [-0.1, -0.05) is 39.8 Å². The molecule has 0 aliphatic carbocycles. The fourth-order valence-corrected chi connectivity index (χ4v) is 3.18. The number of benzene rings is 1. The monoisotopic (exact) mass is 391 g/mol. The number of aromatic nitrogens is 3. The van der Waals surface area contributed by atoms with Gasteiger partial charge in [0.15, 0.2) is 5.82 Å². The Hall–Kier alpha value is -2.28. The molecule has 2 aromatic rings. The molecule has 7 heteroatoms. The summed E-state index contributed by atoms with van der Waals surface area (Å²) >= 11 is 0. The van der Waals surface area contributed by atoms with Crippen LogP contribution in [0.25, 0.3) is 11.4 Å². The third kappa shape index (κ3) is 6.41. The predicted molar refractivity (Wildman–Crippen MR) is 106 cm³/mol. The molecule has 0 bridgehead atoms. The van der Waals surface area contributed by atoms with Gasteiger partial charge in [0.05, 0.1) is 12.2 Å². The largest absolute Gasteiger partial charge is 0.460 e. The Morgan fingerprint density at radius 1 is 1.25 bits per heavy atom. The Morgan fingerprint density at radius 2 is 1.96 bits per heavy atom. The van der Waals surface area contributed by atoms with Crippen molar-refractivity contribution in [2.45, 2.75) is 47.5 Å². The van der Waals surface area contributed by atoms with E-state index in [0.29, 0.717) is 19.6 Å². The molecular weight excluding hydrogens is 361 g/mol. The fraction of sp³-hybridized carbons (Fsp3) is 0.571. The quantitative estimate of drug-likeness (QED) is 0.584. The van der Waals surface area contributed by atoms with E-state index in [2.05, 4.69) is 30.9 Å². The maximum Gasteiger partial charge on any atom is 0.336 e. The Labute approximate surface area is 166 Å². The number of hydrogen-bond donors (Lipinski definition) is 0. The molecule has 154 valence electrons. The standard InChI is InChI=1S/C21H30FN3O3/c1-6-27-11-12-28-20-23-19(16-9-7-8-10-17(16)22)25(24-20)18(26)13-15(2)14-21(3,4)5/h7-10,15H,6,11-14H2,1-5H3. The van der Waals surface area contributed by atoms with E-state index in [0.717, 1.165) is 11.1 Å². The van der Waals surface area contributed by atoms with Crippen LogP contribution in [-0.2, 0) is 4.74 Å². The minimum atomic E-state index is -0.465. The third-order valence-corrected chi connectivity index (χ3v) is 4.09. The predicted octanol–water partition coefficient (Wildman–Crippen LogP) is 4.60. The van der Waals surface area contributed by atoms with E-state index in [1.807, 2.05) is 13.8 Å². The summed E-state index contributed by atoms with van der Waals surface area (Å²) < 4.78 is 26.2. The molecule has 0 N–H and O–H groups in total. The number of halogens is 1. The van der Waals surface area contributed by atoms with Crippen LogP contribution in [0, 0.1) is 17.2 Å². The molecule has 1 aromatic carbocycles. The minimum absolute atomic E-state index is 0.0368. The van der Waals surface area contributed by atoms with Crippen molar-refractivity contribution in [2.24, 2.45) is 11.3 Å². The summed E-state index contributed by atoms with van der Waals surface area (Å²) in [6, 6.07) is 6.23. The van der Waals surface area contributed by atoms with Crippen LogP contribution < -0.4 is 4.74 Å². The first-order valence-electron chi connectivity index (χ1n) is 9.67. The van der Waals surface area contributed by atoms with E-state index >= 15 is 0 Å². The van der Waals surface area contributed by atoms with E-state index in [-0.39, 0.29) is 41.2 Å². The fourth-order valence-electron chi connectivity index (χ4n) is 3.18. The highest BCUT2D eigenvalue weighted by Crippen LogP contribution is 2.28. The van der Waals surface area contributed by atoms with Crippen LogP contribution in [0.1, 0.15) is 52.3 Å². The average molecular weight is 391 g/mol. The van der Waals surface area contributed by atoms with Crippen LogP contribution in [0.5, 0.6) is 6.01 Å². The highest BCUT2D eigenvalue weighted by Gasteiger charge is 2.24. The van der Waals surface area contributed by atoms with E-state index < -0.39 is 5.82 Å². The molecular formula is C21H30FN3O3. The number of hydrogen-bond acceptors (Lipinski definition) is 5. The molecule has 1 aromatic heterocycles. The lowest BCUT2D eigenvalue weighted by Crippen LogP contribution is -2.20. The van der Waals surface area contributed by atoms with E-state index in [9.17, 15) is 9.18 Å². The van der Waals surface area contributed by atoms with Gasteiger partial charge in [-0.25, -0.2) is 4.39 Å². The van der Waals surface area contributed by atoms with Crippen molar-refractivity contribution in [3.63, 3.8) is 0 Å². The second-order valence-corrected chi connectivity index (χ2v) is 8.12. The Morgan fingerprint density at radius 3 is 2.61 bits per heavy atom. The van der Waals surface area contributed by atoms with Crippen LogP contribution in [0.4, 0.5) is 4.39 Å². The summed E-state index contributed by atoms with van der Waals surface area (Å²) in [5.41, 5.74) is 0.329. The molecule has 0 aliphatic rings. The van der Waals surface area contributed by atoms with E-state index in [4.69, 9.17) is 9.47 Å². The minimum Gasteiger partial charge on any atom is -0.460 e. The van der Waals surface area contributed by atoms with Crippen LogP contribution in [0.3, 0.4) is 0 Å². The molecule has 0 radical (unpaired) electrons. The second-order valence-electron chi connectivity index (χ2n) is 8.12. The van der Waals surface area contributed by atoms with Gasteiger partial charge < -0.3 is 9.47 Å². The third-order valence-electron chi connectivity index (χ3n) is 4.09. The van der Waals surface area contributed by atoms with Crippen LogP contribution in [-0.4, -0.2) is 40.5 Å². The highest BCUT2D eigenvalue weighted by molar-refractivity contribution is 5.82. The maximum atomic E-state index is 14.3. The molecule has 1 heterocycles. The summed E-state index contributed by atoms with van der Waals surface area (Å²) in [5.74, 6) is -0.389. The van der Waals surface area contributed by atoms with Crippen LogP contribution >= 0.6 is 0 Å². The Balaban J connectivity index is 2.26. The topological polar surface area (TPSA) is 66.2 Å². The number of rotatable bonds is 9. The molecule has 0 saturated carbocycles. The Kier molecular flexibility index (Phi) is 7.69. The van der Waals surface area contributed by atoms with Gasteiger partial charge in [0.25, 0.3) is 0 Å². The van der Waals surface area contributed by atoms with Crippen molar-refractivity contribution in [1.29, 1.82) is 0 Å². The highest BCUT2D eigenvalue weighted by atomic mass is 19.1. The van der Waals surface area contributed by atoms with Crippen molar-refractivity contribution < 1.29 is 18.7 Å². The van der Waals surface area contributed by atoms with Crippen LogP contribution in [0.2, 0.25) is 0 Å². The summed E-state index contributed by atoms with van der Waals surface area (Å²) in [4.78, 5) is 17.1. The van der Waals surface area contributed by atoms with Gasteiger partial charge in [0.2, 0.25) is 5.91 Å². The maximum absolute atomic E-state index is 14.3. The number of carbonyl (C=O) groups excluding carboxylic acids is 1. The molecule has 1 unspecified atom stereocenters. The first-order valence-corrected chi connectivity index (χ1v) is 9.67. The van der Waals surface area contributed by atoms with Crippen molar-refractivity contribution in [1.82, 2.24) is 14.8 Å². The molecule has 28 heavy (non-hydrogen) atoms. The summed E-state index contributed by atoms with van der Waals surface area (Å²) in [6.07, 6.45) is 1.18. The molecule has 0 saturated heterocycles. The smallest absolute Gasteiger partial charge is 0.336 e. The summed E-state index contributed by atoms with van der Waals surface area (Å²) in [6.45, 7) is 11.5. The summed E-state index contributed by atoms with van der Waals surface area (Å²) in [5, 5.41) is 4.19. The normalized spacial score (nSPS) is 12.8. The lowest BCUT2D eigenvalue weighted by molar-refractivity contribution is 0.0852. The van der Waals surface area contributed by atoms with Gasteiger partial charge in [0, 0.05) is 13.0 Å². The van der Waals surface area contributed by atoms with Crippen molar-refractivity contribution >= 4 is 5.91 Å². The van der Waals surface area contributed by atoms with Crippen molar-refractivity contribution in [3.05, 3.63) is 30.1 Å². The molecule has 0 amide bonds. The molecule has 2 rings (SSSR count). The van der Waals surface area contributed by atoms with Gasteiger partial charge in [-0.2, -0.15) is 9.67 Å². The first-order chi connectivity index (χ1) is 13.2. The van der Waals surface area contributed by atoms with Gasteiger partial charge in [-0.05, 0) is 36.8 Å². The molecule has 0 aliphatic heterocycles. The number of nitrogens with zero attached hydrogens (tertiary/aromatic N) is 3. The van der Waals surface area contributed by atoms with Gasteiger partial charge in [-0.15, -0.1) is 5.10 Å². The average Bonchev–Trinajstić information content (AvgIpc) is 3.01. The zero-order valence-corrected chi connectivity index (χ0v) is 17.4. The lowest BCUT2D eigenvalue weighted by Gasteiger charge is -2.22. The first kappa shape index (κ1) is 22.0. The van der Waals surface area contributed by atoms with E-state index in [1.54, 1.807) is 18.2 Å². The number of carbonyl (C=O) groups is 1. The molecule has 6 nitrogen and oxygen atoms in total. The van der Waals surface area contributed by atoms with Crippen molar-refractivity contribution in [2.75, 3.05) is 19.8 Å². The van der Waals surface area contributed by atoms with Gasteiger partial charge in [-0.3, -0.25) is 4.79 Å². The second kappa shape index (κ2) is 9.78. The van der Waals surface area contributed by atoms with Gasteiger partial charge in [0.1, 0.15) is 12.4 Å². The van der Waals surface area contributed by atoms with Crippen molar-refractivity contribution in [3.8, 4) is 17.4 Å². The van der Waals surface area contributed by atoms with Gasteiger partial charge >= 0.3 is 6.01 Å². The zero-order valence-electron chi connectivity index (χ0n) is 17.4. The van der Waals surface area contributed by atoms with E-state index in [1.165, 1.54) is 6.07 Å². The zero-order chi connectivity index (χ0) is 20.7. The SMILES string of the molecule is CCOCCOc1nc(-c2ccccc2F)n(C(=O)CC(C)CC(C)(C)C)n1. The molecule has 1 atom stereocenters. The van der Waals surface area contributed by atoms with Crippen LogP contribution in [0.15, 0.2) is 24.3 Å². The Bertz CT molecular complexity index is 783.